The Bertz CT molecular complexity index is 539. The lowest BCUT2D eigenvalue weighted by atomic mass is 10.1. The fourth-order valence-electron chi connectivity index (χ4n) is 1.55. The normalized spacial score (nSPS) is 10.4. The molecule has 1 heterocycles. The molecule has 2 N–H and O–H groups in total. The third kappa shape index (κ3) is 1.82. The number of aryl methyl sites for hydroxylation is 2. The van der Waals surface area contributed by atoms with E-state index in [9.17, 15) is 10.2 Å². The van der Waals surface area contributed by atoms with E-state index < -0.39 is 0 Å². The molecule has 0 spiro atoms. The Morgan fingerprint density at radius 3 is 2.44 bits per heavy atom. The van der Waals surface area contributed by atoms with Crippen molar-refractivity contribution in [2.75, 3.05) is 0 Å². The van der Waals surface area contributed by atoms with Crippen LogP contribution in [-0.4, -0.2) is 20.2 Å². The monoisotopic (exact) mass is 216 g/mol. The van der Waals surface area contributed by atoms with E-state index in [1.807, 2.05) is 13.8 Å². The maximum atomic E-state index is 9.41. The molecule has 0 unspecified atom stereocenters. The number of rotatable bonds is 1. The average Bonchev–Trinajstić information content (AvgIpc) is 2.22. The summed E-state index contributed by atoms with van der Waals surface area (Å²) >= 11 is 0. The Morgan fingerprint density at radius 2 is 1.81 bits per heavy atom. The topological polar surface area (TPSA) is 66.2 Å². The second-order valence-corrected chi connectivity index (χ2v) is 3.65. The second kappa shape index (κ2) is 3.81. The van der Waals surface area contributed by atoms with Crippen LogP contribution in [-0.2, 0) is 0 Å². The zero-order valence-electron chi connectivity index (χ0n) is 9.10. The molecule has 0 bridgehead atoms. The molecule has 2 aromatic rings. The Hall–Kier alpha value is -2.10. The molecule has 82 valence electrons. The molecule has 4 nitrogen and oxygen atoms in total. The molecule has 0 aliphatic carbocycles. The van der Waals surface area contributed by atoms with E-state index in [-0.39, 0.29) is 11.5 Å². The van der Waals surface area contributed by atoms with Crippen molar-refractivity contribution in [3.63, 3.8) is 0 Å². The molecular weight excluding hydrogens is 204 g/mol. The lowest BCUT2D eigenvalue weighted by molar-refractivity contribution is 0.404. The highest BCUT2D eigenvalue weighted by Gasteiger charge is 2.07. The number of phenolic OH excluding ortho intramolecular Hbond substituents is 2. The van der Waals surface area contributed by atoms with Gasteiger partial charge in [-0.05, 0) is 32.0 Å². The highest BCUT2D eigenvalue weighted by molar-refractivity contribution is 5.65. The van der Waals surface area contributed by atoms with Crippen molar-refractivity contribution in [3.8, 4) is 22.8 Å². The van der Waals surface area contributed by atoms with Gasteiger partial charge in [0.2, 0.25) is 0 Å². The molecule has 0 fully saturated rings. The molecule has 0 amide bonds. The summed E-state index contributed by atoms with van der Waals surface area (Å²) in [6.07, 6.45) is 1.67. The summed E-state index contributed by atoms with van der Waals surface area (Å²) in [5.74, 6) is -0.291. The number of aromatic hydroxyl groups is 2. The standard InChI is InChI=1S/C12H12N2O2/c1-7-6-13-12(8(2)14-7)9-3-4-10(15)11(16)5-9/h3-6,15-16H,1-2H3. The Balaban J connectivity index is 2.54. The fourth-order valence-corrected chi connectivity index (χ4v) is 1.55. The Morgan fingerprint density at radius 1 is 1.06 bits per heavy atom. The van der Waals surface area contributed by atoms with Crippen molar-refractivity contribution in [1.29, 1.82) is 0 Å². The molecular formula is C12H12N2O2. The quantitative estimate of drug-likeness (QED) is 0.717. The van der Waals surface area contributed by atoms with Gasteiger partial charge in [-0.3, -0.25) is 9.97 Å². The van der Waals surface area contributed by atoms with Gasteiger partial charge in [0.15, 0.2) is 11.5 Å². The number of hydrogen-bond donors (Lipinski definition) is 2. The maximum Gasteiger partial charge on any atom is 0.158 e. The number of phenols is 2. The van der Waals surface area contributed by atoms with Gasteiger partial charge in [-0.1, -0.05) is 0 Å². The van der Waals surface area contributed by atoms with Gasteiger partial charge in [-0.15, -0.1) is 0 Å². The predicted molar refractivity (Wildman–Crippen MR) is 60.3 cm³/mol. The van der Waals surface area contributed by atoms with Gasteiger partial charge in [-0.25, -0.2) is 0 Å². The van der Waals surface area contributed by atoms with Gasteiger partial charge >= 0.3 is 0 Å². The molecule has 1 aromatic heterocycles. The fraction of sp³-hybridized carbons (Fsp3) is 0.167. The first-order valence-electron chi connectivity index (χ1n) is 4.90. The molecule has 0 aliphatic rings. The van der Waals surface area contributed by atoms with Crippen LogP contribution < -0.4 is 0 Å². The first kappa shape index (κ1) is 10.4. The third-order valence-electron chi connectivity index (χ3n) is 2.32. The van der Waals surface area contributed by atoms with E-state index in [1.54, 1.807) is 12.3 Å². The molecule has 0 aliphatic heterocycles. The van der Waals surface area contributed by atoms with Gasteiger partial charge in [0, 0.05) is 11.8 Å². The lowest BCUT2D eigenvalue weighted by Crippen LogP contribution is -1.94. The minimum atomic E-state index is -0.153. The summed E-state index contributed by atoms with van der Waals surface area (Å²) < 4.78 is 0. The van der Waals surface area contributed by atoms with Crippen LogP contribution in [0.2, 0.25) is 0 Å². The molecule has 4 heteroatoms. The lowest BCUT2D eigenvalue weighted by Gasteiger charge is -2.06. The summed E-state index contributed by atoms with van der Waals surface area (Å²) in [6.45, 7) is 3.73. The number of hydrogen-bond acceptors (Lipinski definition) is 4. The zero-order chi connectivity index (χ0) is 11.7. The van der Waals surface area contributed by atoms with Gasteiger partial charge in [0.1, 0.15) is 0 Å². The summed E-state index contributed by atoms with van der Waals surface area (Å²) in [5, 5.41) is 18.6. The van der Waals surface area contributed by atoms with Crippen LogP contribution in [0.3, 0.4) is 0 Å². The molecule has 16 heavy (non-hydrogen) atoms. The minimum absolute atomic E-state index is 0.138. The third-order valence-corrected chi connectivity index (χ3v) is 2.32. The average molecular weight is 216 g/mol. The predicted octanol–water partition coefficient (Wildman–Crippen LogP) is 2.17. The Kier molecular flexibility index (Phi) is 2.48. The van der Waals surface area contributed by atoms with Crippen LogP contribution in [0.5, 0.6) is 11.5 Å². The summed E-state index contributed by atoms with van der Waals surface area (Å²) in [4.78, 5) is 8.56. The van der Waals surface area contributed by atoms with Crippen molar-refractivity contribution in [3.05, 3.63) is 35.8 Å². The highest BCUT2D eigenvalue weighted by atomic mass is 16.3. The van der Waals surface area contributed by atoms with Crippen molar-refractivity contribution >= 4 is 0 Å². The van der Waals surface area contributed by atoms with Gasteiger partial charge in [-0.2, -0.15) is 0 Å². The SMILES string of the molecule is Cc1cnc(-c2ccc(O)c(O)c2)c(C)n1. The van der Waals surface area contributed by atoms with E-state index in [2.05, 4.69) is 9.97 Å². The molecule has 1 aromatic carbocycles. The number of nitrogens with zero attached hydrogens (tertiary/aromatic N) is 2. The smallest absolute Gasteiger partial charge is 0.158 e. The highest BCUT2D eigenvalue weighted by Crippen LogP contribution is 2.30. The van der Waals surface area contributed by atoms with E-state index in [0.717, 1.165) is 17.0 Å². The van der Waals surface area contributed by atoms with Crippen LogP contribution in [0, 0.1) is 13.8 Å². The number of benzene rings is 1. The molecule has 2 rings (SSSR count). The summed E-state index contributed by atoms with van der Waals surface area (Å²) in [7, 11) is 0. The van der Waals surface area contributed by atoms with Crippen LogP contribution in [0.4, 0.5) is 0 Å². The van der Waals surface area contributed by atoms with E-state index in [4.69, 9.17) is 0 Å². The second-order valence-electron chi connectivity index (χ2n) is 3.65. The van der Waals surface area contributed by atoms with Crippen molar-refractivity contribution in [2.24, 2.45) is 0 Å². The van der Waals surface area contributed by atoms with Gasteiger partial charge in [0.25, 0.3) is 0 Å². The largest absolute Gasteiger partial charge is 0.504 e. The maximum absolute atomic E-state index is 9.41. The van der Waals surface area contributed by atoms with Crippen LogP contribution in [0.1, 0.15) is 11.4 Å². The van der Waals surface area contributed by atoms with Gasteiger partial charge < -0.3 is 10.2 Å². The summed E-state index contributed by atoms with van der Waals surface area (Å²) in [5.41, 5.74) is 3.09. The van der Waals surface area contributed by atoms with Crippen molar-refractivity contribution in [2.45, 2.75) is 13.8 Å². The van der Waals surface area contributed by atoms with Crippen LogP contribution in [0.25, 0.3) is 11.3 Å². The minimum Gasteiger partial charge on any atom is -0.504 e. The van der Waals surface area contributed by atoms with Gasteiger partial charge in [0.05, 0.1) is 17.1 Å². The van der Waals surface area contributed by atoms with E-state index in [0.29, 0.717) is 5.69 Å². The molecule has 0 saturated heterocycles. The number of aromatic nitrogens is 2. The first-order valence-corrected chi connectivity index (χ1v) is 4.90. The Labute approximate surface area is 93.2 Å². The summed E-state index contributed by atoms with van der Waals surface area (Å²) in [6, 6.07) is 4.61. The van der Waals surface area contributed by atoms with Crippen LogP contribution >= 0.6 is 0 Å². The van der Waals surface area contributed by atoms with Crippen molar-refractivity contribution in [1.82, 2.24) is 9.97 Å². The van der Waals surface area contributed by atoms with E-state index >= 15 is 0 Å². The van der Waals surface area contributed by atoms with Crippen LogP contribution in [0.15, 0.2) is 24.4 Å². The first-order chi connectivity index (χ1) is 7.58. The molecule has 0 saturated carbocycles. The zero-order valence-corrected chi connectivity index (χ0v) is 9.10. The van der Waals surface area contributed by atoms with E-state index in [1.165, 1.54) is 12.1 Å². The molecule has 0 atom stereocenters. The van der Waals surface area contributed by atoms with Crippen molar-refractivity contribution < 1.29 is 10.2 Å². The molecule has 0 radical (unpaired) electrons.